The second-order valence-electron chi connectivity index (χ2n) is 4.68. The van der Waals surface area contributed by atoms with Crippen molar-refractivity contribution in [3.05, 3.63) is 23.8 Å². The van der Waals surface area contributed by atoms with Gasteiger partial charge < -0.3 is 4.74 Å². The number of hydrogen-bond donors (Lipinski definition) is 2. The molecule has 1 aromatic carbocycles. The molecule has 0 saturated carbocycles. The zero-order valence-electron chi connectivity index (χ0n) is 12.0. The predicted octanol–water partition coefficient (Wildman–Crippen LogP) is -0.316. The number of nitrogens with one attached hydrogen (secondary N) is 1. The molecule has 3 rings (SSSR count). The number of nitrogens with two attached hydrogens (primary N) is 1. The number of H-pyrrole nitrogens is 1. The molecule has 0 bridgehead atoms. The second kappa shape index (κ2) is 5.85. The lowest BCUT2D eigenvalue weighted by atomic mass is 9.99. The van der Waals surface area contributed by atoms with E-state index < -0.39 is 16.1 Å². The van der Waals surface area contributed by atoms with Crippen LogP contribution in [0.3, 0.4) is 0 Å². The van der Waals surface area contributed by atoms with Gasteiger partial charge in [0.05, 0.1) is 30.8 Å². The third kappa shape index (κ3) is 2.96. The first-order valence-corrected chi connectivity index (χ1v) is 8.06. The standard InChI is InChI=1S/C12H13N7O3S/c1-22-10-6-14-5-8(15-10)7-3-2-4-9(23(13,20)21)11(7)12-16-18-19-17-12/h2-4,6,8H,5H2,1H3,(H2,13,20,21)(H,16,17,18,19). The molecule has 0 spiro atoms. The lowest BCUT2D eigenvalue weighted by Gasteiger charge is -2.19. The molecule has 0 saturated heterocycles. The number of rotatable bonds is 3. The van der Waals surface area contributed by atoms with Crippen LogP contribution in [0.2, 0.25) is 0 Å². The van der Waals surface area contributed by atoms with E-state index in [1.807, 2.05) is 0 Å². The molecule has 0 fully saturated rings. The topological polar surface area (TPSA) is 149 Å². The van der Waals surface area contributed by atoms with E-state index in [2.05, 4.69) is 30.6 Å². The number of aliphatic imine (C=N–C) groups is 2. The number of aromatic amines is 1. The van der Waals surface area contributed by atoms with Crippen LogP contribution in [0.4, 0.5) is 0 Å². The summed E-state index contributed by atoms with van der Waals surface area (Å²) in [5.74, 6) is 0.467. The maximum absolute atomic E-state index is 11.9. The minimum absolute atomic E-state index is 0.0971. The van der Waals surface area contributed by atoms with E-state index in [-0.39, 0.29) is 16.3 Å². The van der Waals surface area contributed by atoms with E-state index in [0.29, 0.717) is 18.0 Å². The predicted molar refractivity (Wildman–Crippen MR) is 81.5 cm³/mol. The fraction of sp³-hybridized carbons (Fsp3) is 0.250. The van der Waals surface area contributed by atoms with Gasteiger partial charge in [0, 0.05) is 5.56 Å². The van der Waals surface area contributed by atoms with Crippen LogP contribution in [0.25, 0.3) is 11.4 Å². The van der Waals surface area contributed by atoms with Crippen LogP contribution in [-0.2, 0) is 14.8 Å². The average Bonchev–Trinajstić information content (AvgIpc) is 3.07. The van der Waals surface area contributed by atoms with Crippen molar-refractivity contribution in [2.75, 3.05) is 13.7 Å². The normalized spacial score (nSPS) is 17.8. The molecule has 2 aromatic rings. The third-order valence-corrected chi connectivity index (χ3v) is 4.22. The van der Waals surface area contributed by atoms with Gasteiger partial charge in [-0.3, -0.25) is 4.99 Å². The van der Waals surface area contributed by atoms with E-state index in [1.165, 1.54) is 19.4 Å². The van der Waals surface area contributed by atoms with Crippen molar-refractivity contribution in [3.8, 4) is 11.4 Å². The summed E-state index contributed by atoms with van der Waals surface area (Å²) in [6, 6.07) is 4.25. The molecule has 23 heavy (non-hydrogen) atoms. The first-order chi connectivity index (χ1) is 11.0. The van der Waals surface area contributed by atoms with Crippen molar-refractivity contribution >= 4 is 22.1 Å². The summed E-state index contributed by atoms with van der Waals surface area (Å²) < 4.78 is 28.9. The summed E-state index contributed by atoms with van der Waals surface area (Å²) in [5.41, 5.74) is 0.828. The Labute approximate surface area is 131 Å². The number of primary sulfonamides is 1. The van der Waals surface area contributed by atoms with Gasteiger partial charge >= 0.3 is 0 Å². The molecule has 10 nitrogen and oxygen atoms in total. The van der Waals surface area contributed by atoms with Gasteiger partial charge in [0.2, 0.25) is 21.7 Å². The Balaban J connectivity index is 2.22. The quantitative estimate of drug-likeness (QED) is 0.785. The highest BCUT2D eigenvalue weighted by atomic mass is 32.2. The number of nitrogens with zero attached hydrogens (tertiary/aromatic N) is 5. The Morgan fingerprint density at radius 2 is 2.22 bits per heavy atom. The highest BCUT2D eigenvalue weighted by molar-refractivity contribution is 7.89. The zero-order chi connectivity index (χ0) is 16.4. The lowest BCUT2D eigenvalue weighted by Crippen LogP contribution is -2.18. The molecular formula is C12H13N7O3S. The molecule has 1 unspecified atom stereocenters. The number of sulfonamides is 1. The van der Waals surface area contributed by atoms with Crippen molar-refractivity contribution in [2.24, 2.45) is 15.1 Å². The molecule has 2 heterocycles. The summed E-state index contributed by atoms with van der Waals surface area (Å²) >= 11 is 0. The Bertz CT molecular complexity index is 874. The monoisotopic (exact) mass is 335 g/mol. The first kappa shape index (κ1) is 15.2. The van der Waals surface area contributed by atoms with Crippen LogP contribution in [0, 0.1) is 0 Å². The lowest BCUT2D eigenvalue weighted by molar-refractivity contribution is 0.404. The molecule has 0 radical (unpaired) electrons. The van der Waals surface area contributed by atoms with E-state index in [0.717, 1.165) is 0 Å². The van der Waals surface area contributed by atoms with Gasteiger partial charge in [-0.2, -0.15) is 5.21 Å². The molecule has 0 amide bonds. The minimum atomic E-state index is -3.98. The van der Waals surface area contributed by atoms with Crippen LogP contribution in [0.1, 0.15) is 11.6 Å². The van der Waals surface area contributed by atoms with Crippen LogP contribution in [0.15, 0.2) is 33.1 Å². The van der Waals surface area contributed by atoms with Crippen molar-refractivity contribution in [1.29, 1.82) is 0 Å². The van der Waals surface area contributed by atoms with Crippen LogP contribution >= 0.6 is 0 Å². The molecule has 0 aliphatic carbocycles. The molecule has 1 aliphatic heterocycles. The Hall–Kier alpha value is -2.66. The number of aromatic nitrogens is 4. The Morgan fingerprint density at radius 1 is 1.39 bits per heavy atom. The fourth-order valence-electron chi connectivity index (χ4n) is 2.30. The SMILES string of the molecule is COC1=NC(c2cccc(S(N)(=O)=O)c2-c2nn[nH]n2)CN=C1. The van der Waals surface area contributed by atoms with Gasteiger partial charge in [0.15, 0.2) is 0 Å². The van der Waals surface area contributed by atoms with Gasteiger partial charge in [-0.05, 0) is 16.8 Å². The van der Waals surface area contributed by atoms with Crippen LogP contribution in [0.5, 0.6) is 0 Å². The molecule has 1 aromatic heterocycles. The molecule has 11 heteroatoms. The van der Waals surface area contributed by atoms with Gasteiger partial charge in [0.1, 0.15) is 0 Å². The molecule has 1 aliphatic rings. The number of tetrazole rings is 1. The van der Waals surface area contributed by atoms with E-state index in [4.69, 9.17) is 9.88 Å². The van der Waals surface area contributed by atoms with Crippen molar-refractivity contribution in [1.82, 2.24) is 20.6 Å². The summed E-state index contributed by atoms with van der Waals surface area (Å²) in [6.07, 6.45) is 1.51. The van der Waals surface area contributed by atoms with Gasteiger partial charge in [-0.15, -0.1) is 10.2 Å². The number of hydrogen-bond acceptors (Lipinski definition) is 8. The van der Waals surface area contributed by atoms with Gasteiger partial charge in [-0.1, -0.05) is 12.1 Å². The summed E-state index contributed by atoms with van der Waals surface area (Å²) in [6.45, 7) is 0.339. The van der Waals surface area contributed by atoms with Crippen molar-refractivity contribution in [3.63, 3.8) is 0 Å². The van der Waals surface area contributed by atoms with Gasteiger partial charge in [0.25, 0.3) is 0 Å². The maximum atomic E-state index is 11.9. The fourth-order valence-corrected chi connectivity index (χ4v) is 3.06. The number of methoxy groups -OCH3 is 1. The molecular weight excluding hydrogens is 322 g/mol. The van der Waals surface area contributed by atoms with E-state index >= 15 is 0 Å². The zero-order valence-corrected chi connectivity index (χ0v) is 12.9. The summed E-state index contributed by atoms with van der Waals surface area (Å²) in [7, 11) is -2.50. The van der Waals surface area contributed by atoms with Crippen LogP contribution in [-0.4, -0.2) is 54.8 Å². The highest BCUT2D eigenvalue weighted by Gasteiger charge is 2.26. The Kier molecular flexibility index (Phi) is 3.88. The van der Waals surface area contributed by atoms with Gasteiger partial charge in [-0.25, -0.2) is 18.5 Å². The largest absolute Gasteiger partial charge is 0.480 e. The molecule has 3 N–H and O–H groups in total. The molecule has 120 valence electrons. The average molecular weight is 335 g/mol. The summed E-state index contributed by atoms with van der Waals surface area (Å²) in [4.78, 5) is 8.47. The molecule has 1 atom stereocenters. The summed E-state index contributed by atoms with van der Waals surface area (Å²) in [5, 5.41) is 18.8. The first-order valence-electron chi connectivity index (χ1n) is 6.52. The number of benzene rings is 1. The number of ether oxygens (including phenoxy) is 1. The minimum Gasteiger partial charge on any atom is -0.480 e. The van der Waals surface area contributed by atoms with E-state index in [9.17, 15) is 8.42 Å². The van der Waals surface area contributed by atoms with Crippen molar-refractivity contribution < 1.29 is 13.2 Å². The van der Waals surface area contributed by atoms with E-state index in [1.54, 1.807) is 12.1 Å². The van der Waals surface area contributed by atoms with Crippen LogP contribution < -0.4 is 5.14 Å². The third-order valence-electron chi connectivity index (χ3n) is 3.27. The smallest absolute Gasteiger partial charge is 0.238 e. The highest BCUT2D eigenvalue weighted by Crippen LogP contribution is 2.33. The van der Waals surface area contributed by atoms with Crippen molar-refractivity contribution in [2.45, 2.75) is 10.9 Å². The second-order valence-corrected chi connectivity index (χ2v) is 6.21. The Morgan fingerprint density at radius 3 is 2.87 bits per heavy atom. The maximum Gasteiger partial charge on any atom is 0.238 e.